The van der Waals surface area contributed by atoms with Gasteiger partial charge in [-0.1, -0.05) is 6.92 Å². The minimum absolute atomic E-state index is 0.0372. The van der Waals surface area contributed by atoms with E-state index in [0.717, 1.165) is 25.5 Å². The number of carbonyl (C=O) groups excluding carboxylic acids is 1. The van der Waals surface area contributed by atoms with Crippen LogP contribution in [0.5, 0.6) is 0 Å². The number of alkyl halides is 2. The minimum Gasteiger partial charge on any atom is -0.440 e. The third kappa shape index (κ3) is 5.77. The molecule has 3 fully saturated rings. The van der Waals surface area contributed by atoms with Crippen molar-refractivity contribution < 1.29 is 35.9 Å². The van der Waals surface area contributed by atoms with E-state index in [-0.39, 0.29) is 24.5 Å². The van der Waals surface area contributed by atoms with Crippen molar-refractivity contribution in [2.24, 2.45) is 5.92 Å². The summed E-state index contributed by atoms with van der Waals surface area (Å²) in [5.41, 5.74) is -0.157. The number of carbonyl (C=O) groups is 1. The summed E-state index contributed by atoms with van der Waals surface area (Å²) < 4.78 is 77.4. The van der Waals surface area contributed by atoms with Crippen LogP contribution in [0, 0.1) is 11.7 Å². The molecule has 0 radical (unpaired) electrons. The van der Waals surface area contributed by atoms with E-state index >= 15 is 0 Å². The first-order valence-corrected chi connectivity index (χ1v) is 14.2. The van der Waals surface area contributed by atoms with Crippen molar-refractivity contribution in [1.29, 1.82) is 0 Å². The van der Waals surface area contributed by atoms with Crippen molar-refractivity contribution in [1.82, 2.24) is 19.6 Å². The van der Waals surface area contributed by atoms with Gasteiger partial charge >= 0.3 is 6.09 Å². The second-order valence-corrected chi connectivity index (χ2v) is 12.0. The molecule has 2 saturated carbocycles. The molecule has 7 atom stereocenters. The van der Waals surface area contributed by atoms with Crippen LogP contribution in [0.25, 0.3) is 0 Å². The zero-order chi connectivity index (χ0) is 26.3. The van der Waals surface area contributed by atoms with Crippen molar-refractivity contribution in [2.45, 2.75) is 94.5 Å². The molecular weight excluding hydrogens is 501 g/mol. The monoisotopic (exact) mass is 534 g/mol. The topological polar surface area (TPSA) is 111 Å². The molecule has 9 nitrogen and oxygen atoms in total. The standard InChI is InChI=1S/C23H33F3N4O5S/c1-4-19(20(25)26)35-22(31)30-13(2)7-17(29-36(3,32)33)18(30)12-34-16-5-6-23(9-14(23)8-16)21-27-10-15(24)11-28-21/h10-11,13-14,16-20,29H,4-9,12H2,1-3H3/t13-,14-,16+,17+,18+,19?,23-/m1/s1. The number of nitrogens with zero attached hydrogens (tertiary/aromatic N) is 3. The van der Waals surface area contributed by atoms with Crippen LogP contribution in [0.1, 0.15) is 58.2 Å². The van der Waals surface area contributed by atoms with Crippen LogP contribution in [0.4, 0.5) is 18.0 Å². The van der Waals surface area contributed by atoms with Gasteiger partial charge < -0.3 is 9.47 Å². The Balaban J connectivity index is 1.41. The second kappa shape index (κ2) is 10.4. The van der Waals surface area contributed by atoms with Gasteiger partial charge in [-0.3, -0.25) is 4.90 Å². The first kappa shape index (κ1) is 27.1. The third-order valence-corrected chi connectivity index (χ3v) is 8.39. The van der Waals surface area contributed by atoms with E-state index in [1.54, 1.807) is 6.92 Å². The van der Waals surface area contributed by atoms with E-state index in [1.165, 1.54) is 24.2 Å². The number of ether oxygens (including phenoxy) is 2. The molecule has 3 aliphatic rings. The fourth-order valence-corrected chi connectivity index (χ4v) is 6.57. The van der Waals surface area contributed by atoms with E-state index in [4.69, 9.17) is 9.47 Å². The smallest absolute Gasteiger partial charge is 0.410 e. The van der Waals surface area contributed by atoms with Gasteiger partial charge in [-0.05, 0) is 51.4 Å². The number of hydrogen-bond acceptors (Lipinski definition) is 7. The zero-order valence-corrected chi connectivity index (χ0v) is 21.4. The predicted octanol–water partition coefficient (Wildman–Crippen LogP) is 3.00. The lowest BCUT2D eigenvalue weighted by Crippen LogP contribution is -2.51. The van der Waals surface area contributed by atoms with E-state index in [2.05, 4.69) is 14.7 Å². The molecule has 1 saturated heterocycles. The molecule has 13 heteroatoms. The molecule has 0 aromatic carbocycles. The van der Waals surface area contributed by atoms with Gasteiger partial charge in [0, 0.05) is 17.5 Å². The summed E-state index contributed by atoms with van der Waals surface area (Å²) >= 11 is 0. The van der Waals surface area contributed by atoms with Crippen LogP contribution in [-0.2, 0) is 24.9 Å². The van der Waals surface area contributed by atoms with Gasteiger partial charge in [-0.15, -0.1) is 0 Å². The number of fused-ring (bicyclic) bond motifs is 1. The minimum atomic E-state index is -3.59. The highest BCUT2D eigenvalue weighted by molar-refractivity contribution is 7.88. The summed E-state index contributed by atoms with van der Waals surface area (Å²) in [6, 6.07) is -1.77. The molecule has 202 valence electrons. The molecule has 2 heterocycles. The number of amides is 1. The highest BCUT2D eigenvalue weighted by Gasteiger charge is 2.60. The molecule has 4 rings (SSSR count). The van der Waals surface area contributed by atoms with Gasteiger partial charge in [0.15, 0.2) is 11.9 Å². The Bertz CT molecular complexity index is 1050. The van der Waals surface area contributed by atoms with Crippen LogP contribution in [0.2, 0.25) is 0 Å². The molecule has 0 spiro atoms. The summed E-state index contributed by atoms with van der Waals surface area (Å²) in [6.07, 6.45) is 1.38. The lowest BCUT2D eigenvalue weighted by molar-refractivity contribution is -0.0462. The van der Waals surface area contributed by atoms with Gasteiger partial charge in [0.1, 0.15) is 5.82 Å². The molecule has 36 heavy (non-hydrogen) atoms. The van der Waals surface area contributed by atoms with Crippen molar-refractivity contribution in [3.63, 3.8) is 0 Å². The van der Waals surface area contributed by atoms with Crippen LogP contribution in [0.3, 0.4) is 0 Å². The average Bonchev–Trinajstić information content (AvgIpc) is 3.45. The fraction of sp³-hybridized carbons (Fsp3) is 0.783. The van der Waals surface area contributed by atoms with Crippen LogP contribution < -0.4 is 4.72 Å². The lowest BCUT2D eigenvalue weighted by Gasteiger charge is -2.33. The van der Waals surface area contributed by atoms with Crippen LogP contribution in [0.15, 0.2) is 12.4 Å². The average molecular weight is 535 g/mol. The Hall–Kier alpha value is -1.99. The van der Waals surface area contributed by atoms with Crippen LogP contribution >= 0.6 is 0 Å². The van der Waals surface area contributed by atoms with E-state index < -0.39 is 52.6 Å². The number of aromatic nitrogens is 2. The number of nitrogens with one attached hydrogen (secondary N) is 1. The maximum Gasteiger partial charge on any atom is 0.410 e. The normalized spacial score (nSPS) is 32.9. The Morgan fingerprint density at radius 2 is 2.00 bits per heavy atom. The zero-order valence-electron chi connectivity index (χ0n) is 20.6. The highest BCUT2D eigenvalue weighted by Crippen LogP contribution is 2.61. The molecule has 2 aliphatic carbocycles. The number of halogens is 3. The Labute approximate surface area is 209 Å². The maximum atomic E-state index is 13.2. The van der Waals surface area contributed by atoms with Crippen molar-refractivity contribution in [3.05, 3.63) is 24.0 Å². The Kier molecular flexibility index (Phi) is 7.82. The van der Waals surface area contributed by atoms with Gasteiger partial charge in [0.05, 0.1) is 37.4 Å². The second-order valence-electron chi connectivity index (χ2n) is 10.2. The van der Waals surface area contributed by atoms with Gasteiger partial charge in [-0.2, -0.15) is 0 Å². The quantitative estimate of drug-likeness (QED) is 0.519. The molecule has 1 aromatic heterocycles. The van der Waals surface area contributed by atoms with Crippen molar-refractivity contribution in [2.75, 3.05) is 12.9 Å². The summed E-state index contributed by atoms with van der Waals surface area (Å²) in [5.74, 6) is 0.466. The van der Waals surface area contributed by atoms with Gasteiger partial charge in [0.2, 0.25) is 10.0 Å². The van der Waals surface area contributed by atoms with Crippen molar-refractivity contribution in [3.8, 4) is 0 Å². The van der Waals surface area contributed by atoms with E-state index in [9.17, 15) is 26.4 Å². The molecular formula is C23H33F3N4O5S. The summed E-state index contributed by atoms with van der Waals surface area (Å²) in [4.78, 5) is 22.5. The number of rotatable bonds is 9. The fourth-order valence-electron chi connectivity index (χ4n) is 5.77. The first-order valence-electron chi connectivity index (χ1n) is 12.3. The predicted molar refractivity (Wildman–Crippen MR) is 123 cm³/mol. The first-order chi connectivity index (χ1) is 16.9. The van der Waals surface area contributed by atoms with Crippen LogP contribution in [-0.4, -0.2) is 79.0 Å². The summed E-state index contributed by atoms with van der Waals surface area (Å²) in [6.45, 7) is 3.27. The van der Waals surface area contributed by atoms with Gasteiger partial charge in [-0.25, -0.2) is 41.1 Å². The SMILES string of the molecule is CCC(OC(=O)N1[C@H](C)C[C@H](NS(C)(=O)=O)[C@@H]1CO[C@H]1CC[C@@]2(c3ncc(F)cn3)C[C@H]2C1)C(F)F. The van der Waals surface area contributed by atoms with Gasteiger partial charge in [0.25, 0.3) is 6.43 Å². The number of hydrogen-bond donors (Lipinski definition) is 1. The van der Waals surface area contributed by atoms with Crippen molar-refractivity contribution >= 4 is 16.1 Å². The number of likely N-dealkylation sites (tertiary alicyclic amines) is 1. The highest BCUT2D eigenvalue weighted by atomic mass is 32.2. The number of sulfonamides is 1. The van der Waals surface area contributed by atoms with E-state index in [0.29, 0.717) is 24.6 Å². The molecule has 1 N–H and O–H groups in total. The largest absolute Gasteiger partial charge is 0.440 e. The summed E-state index contributed by atoms with van der Waals surface area (Å²) in [7, 11) is -3.59. The molecule has 0 bridgehead atoms. The lowest BCUT2D eigenvalue weighted by atomic mass is 9.86. The third-order valence-electron chi connectivity index (χ3n) is 7.66. The Morgan fingerprint density at radius 3 is 2.58 bits per heavy atom. The summed E-state index contributed by atoms with van der Waals surface area (Å²) in [5, 5.41) is 0. The molecule has 1 amide bonds. The molecule has 1 aromatic rings. The molecule has 1 unspecified atom stereocenters. The maximum absolute atomic E-state index is 13.2. The molecule has 1 aliphatic heterocycles. The van der Waals surface area contributed by atoms with E-state index in [1.807, 2.05) is 0 Å². The Morgan fingerprint density at radius 1 is 1.31 bits per heavy atom.